The lowest BCUT2D eigenvalue weighted by molar-refractivity contribution is 0.0789. The molecule has 2 aromatic carbocycles. The van der Waals surface area contributed by atoms with Crippen LogP contribution in [0.5, 0.6) is 5.75 Å². The second-order valence-corrected chi connectivity index (χ2v) is 9.63. The van der Waals surface area contributed by atoms with Gasteiger partial charge >= 0.3 is 0 Å². The third-order valence-corrected chi connectivity index (χ3v) is 6.79. The molecule has 5 rings (SSSR count). The van der Waals surface area contributed by atoms with E-state index in [1.165, 1.54) is 0 Å². The highest BCUT2D eigenvalue weighted by Gasteiger charge is 2.26. The quantitative estimate of drug-likeness (QED) is 0.342. The van der Waals surface area contributed by atoms with Crippen molar-refractivity contribution in [3.8, 4) is 17.0 Å². The highest BCUT2D eigenvalue weighted by atomic mass is 35.5. The Morgan fingerprint density at radius 1 is 1.19 bits per heavy atom. The number of carbonyl (C=O) groups excluding carboxylic acids is 1. The Hall–Kier alpha value is -3.68. The van der Waals surface area contributed by atoms with Gasteiger partial charge in [0.25, 0.3) is 5.91 Å². The molecule has 1 saturated heterocycles. The van der Waals surface area contributed by atoms with Crippen molar-refractivity contribution in [1.29, 1.82) is 0 Å². The standard InChI is InChI=1S/C29H29ClN4O3/c1-19-28(33-27(37-19)15-20-4-3-5-23(30)14-20)21-7-10-26(11-8-21)36-18-25-9-6-22(16-32-25)29(35)34-13-12-24(17-34)31-2/h3-11,14,16,24,31H,12-13,15,17-18H2,1-2H3/t24-/m0/s1. The zero-order valence-corrected chi connectivity index (χ0v) is 21.7. The van der Waals surface area contributed by atoms with Crippen LogP contribution in [-0.4, -0.2) is 47.0 Å². The summed E-state index contributed by atoms with van der Waals surface area (Å²) in [5.41, 5.74) is 4.17. The van der Waals surface area contributed by atoms with Crippen molar-refractivity contribution in [3.05, 3.63) is 100 Å². The maximum atomic E-state index is 12.7. The number of likely N-dealkylation sites (tertiary alicyclic amines) is 1. The summed E-state index contributed by atoms with van der Waals surface area (Å²) in [4.78, 5) is 23.7. The summed E-state index contributed by atoms with van der Waals surface area (Å²) in [6.07, 6.45) is 3.18. The minimum absolute atomic E-state index is 0.0205. The van der Waals surface area contributed by atoms with E-state index in [9.17, 15) is 4.79 Å². The summed E-state index contributed by atoms with van der Waals surface area (Å²) in [5, 5.41) is 3.93. The van der Waals surface area contributed by atoms with Crippen LogP contribution in [0.15, 0.2) is 71.3 Å². The first kappa shape index (κ1) is 25.0. The van der Waals surface area contributed by atoms with Crippen molar-refractivity contribution in [2.75, 3.05) is 20.1 Å². The number of oxazole rings is 1. The van der Waals surface area contributed by atoms with Crippen molar-refractivity contribution in [2.24, 2.45) is 0 Å². The number of nitrogens with zero attached hydrogens (tertiary/aromatic N) is 3. The van der Waals surface area contributed by atoms with Gasteiger partial charge in [0.1, 0.15) is 23.8 Å². The summed E-state index contributed by atoms with van der Waals surface area (Å²) >= 11 is 6.09. The van der Waals surface area contributed by atoms with Crippen LogP contribution in [0.4, 0.5) is 0 Å². The molecule has 1 aliphatic rings. The molecule has 190 valence electrons. The van der Waals surface area contributed by atoms with Crippen molar-refractivity contribution >= 4 is 17.5 Å². The number of likely N-dealkylation sites (N-methyl/N-ethyl adjacent to an activating group) is 1. The van der Waals surface area contributed by atoms with E-state index in [1.54, 1.807) is 6.20 Å². The molecule has 3 heterocycles. The number of benzene rings is 2. The van der Waals surface area contributed by atoms with Gasteiger partial charge in [0.2, 0.25) is 0 Å². The van der Waals surface area contributed by atoms with E-state index in [0.717, 1.165) is 53.5 Å². The summed E-state index contributed by atoms with van der Waals surface area (Å²) in [5.74, 6) is 2.16. The third-order valence-electron chi connectivity index (χ3n) is 6.56. The van der Waals surface area contributed by atoms with Crippen LogP contribution in [0.25, 0.3) is 11.3 Å². The molecule has 1 fully saturated rings. The molecule has 37 heavy (non-hydrogen) atoms. The topological polar surface area (TPSA) is 80.5 Å². The van der Waals surface area contributed by atoms with Crippen LogP contribution in [0, 0.1) is 6.92 Å². The lowest BCUT2D eigenvalue weighted by atomic mass is 10.1. The molecule has 1 atom stereocenters. The van der Waals surface area contributed by atoms with Crippen LogP contribution in [0.2, 0.25) is 5.02 Å². The first-order valence-corrected chi connectivity index (χ1v) is 12.7. The van der Waals surface area contributed by atoms with Gasteiger partial charge in [-0.05, 0) is 74.5 Å². The van der Waals surface area contributed by atoms with Gasteiger partial charge in [-0.3, -0.25) is 9.78 Å². The van der Waals surface area contributed by atoms with Crippen molar-refractivity contribution in [3.63, 3.8) is 0 Å². The van der Waals surface area contributed by atoms with E-state index in [1.807, 2.05) is 79.5 Å². The fourth-order valence-corrected chi connectivity index (χ4v) is 4.69. The molecule has 0 radical (unpaired) electrons. The zero-order chi connectivity index (χ0) is 25.8. The van der Waals surface area contributed by atoms with Crippen LogP contribution >= 0.6 is 11.6 Å². The van der Waals surface area contributed by atoms with E-state index in [-0.39, 0.29) is 5.91 Å². The fraction of sp³-hybridized carbons (Fsp3) is 0.276. The number of amides is 1. The minimum Gasteiger partial charge on any atom is -0.487 e. The van der Waals surface area contributed by atoms with E-state index < -0.39 is 0 Å². The number of carbonyl (C=O) groups is 1. The molecule has 0 aliphatic carbocycles. The van der Waals surface area contributed by atoms with Crippen molar-refractivity contribution in [2.45, 2.75) is 32.4 Å². The Labute approximate surface area is 221 Å². The second kappa shape index (κ2) is 11.2. The molecule has 4 aromatic rings. The number of halogens is 1. The summed E-state index contributed by atoms with van der Waals surface area (Å²) < 4.78 is 11.8. The smallest absolute Gasteiger partial charge is 0.255 e. The molecular formula is C29H29ClN4O3. The largest absolute Gasteiger partial charge is 0.487 e. The highest BCUT2D eigenvalue weighted by Crippen LogP contribution is 2.27. The van der Waals surface area contributed by atoms with E-state index in [0.29, 0.717) is 35.5 Å². The summed E-state index contributed by atoms with van der Waals surface area (Å²) in [7, 11) is 1.93. The number of aromatic nitrogens is 2. The van der Waals surface area contributed by atoms with Gasteiger partial charge in [0.05, 0.1) is 11.3 Å². The molecule has 1 amide bonds. The number of ether oxygens (including phenoxy) is 1. The number of hydrogen-bond donors (Lipinski definition) is 1. The van der Waals surface area contributed by atoms with Crippen LogP contribution < -0.4 is 10.1 Å². The average Bonchev–Trinajstić information content (AvgIpc) is 3.54. The lowest BCUT2D eigenvalue weighted by Gasteiger charge is -2.16. The Bertz CT molecular complexity index is 1370. The molecule has 7 nitrogen and oxygen atoms in total. The van der Waals surface area contributed by atoms with E-state index in [4.69, 9.17) is 25.7 Å². The summed E-state index contributed by atoms with van der Waals surface area (Å²) in [6.45, 7) is 3.72. The molecule has 2 aromatic heterocycles. The molecular weight excluding hydrogens is 488 g/mol. The monoisotopic (exact) mass is 516 g/mol. The second-order valence-electron chi connectivity index (χ2n) is 9.20. The number of hydrogen-bond acceptors (Lipinski definition) is 6. The van der Waals surface area contributed by atoms with Crippen LogP contribution in [0.3, 0.4) is 0 Å². The van der Waals surface area contributed by atoms with Gasteiger partial charge < -0.3 is 19.4 Å². The van der Waals surface area contributed by atoms with Crippen LogP contribution in [0.1, 0.15) is 39.7 Å². The first-order valence-electron chi connectivity index (χ1n) is 12.3. The molecule has 8 heteroatoms. The summed E-state index contributed by atoms with van der Waals surface area (Å²) in [6, 6.07) is 19.5. The first-order chi connectivity index (χ1) is 18.0. The normalized spacial score (nSPS) is 15.2. The Kier molecular flexibility index (Phi) is 7.53. The third kappa shape index (κ3) is 6.01. The van der Waals surface area contributed by atoms with Crippen molar-refractivity contribution < 1.29 is 13.9 Å². The van der Waals surface area contributed by atoms with Crippen LogP contribution in [-0.2, 0) is 13.0 Å². The SMILES string of the molecule is CN[C@H]1CCN(C(=O)c2ccc(COc3ccc(-c4nc(Cc5cccc(Cl)c5)oc4C)cc3)nc2)C1. The molecule has 0 bridgehead atoms. The predicted molar refractivity (Wildman–Crippen MR) is 143 cm³/mol. The van der Waals surface area contributed by atoms with Gasteiger partial charge in [0.15, 0.2) is 5.89 Å². The van der Waals surface area contributed by atoms with Gasteiger partial charge in [0, 0.05) is 42.3 Å². The molecule has 1 aliphatic heterocycles. The lowest BCUT2D eigenvalue weighted by Crippen LogP contribution is -2.33. The Morgan fingerprint density at radius 3 is 2.73 bits per heavy atom. The number of nitrogens with one attached hydrogen (secondary N) is 1. The average molecular weight is 517 g/mol. The minimum atomic E-state index is 0.0205. The van der Waals surface area contributed by atoms with Gasteiger partial charge in [-0.25, -0.2) is 4.98 Å². The maximum absolute atomic E-state index is 12.7. The predicted octanol–water partition coefficient (Wildman–Crippen LogP) is 5.30. The van der Waals surface area contributed by atoms with Gasteiger partial charge in [-0.2, -0.15) is 0 Å². The van der Waals surface area contributed by atoms with E-state index in [2.05, 4.69) is 10.3 Å². The van der Waals surface area contributed by atoms with Gasteiger partial charge in [-0.1, -0.05) is 23.7 Å². The number of rotatable bonds is 8. The number of pyridine rings is 1. The van der Waals surface area contributed by atoms with Gasteiger partial charge in [-0.15, -0.1) is 0 Å². The zero-order valence-electron chi connectivity index (χ0n) is 20.9. The molecule has 1 N–H and O–H groups in total. The Balaban J connectivity index is 1.17. The molecule has 0 unspecified atom stereocenters. The molecule has 0 spiro atoms. The fourth-order valence-electron chi connectivity index (χ4n) is 4.48. The number of aryl methyl sites for hydroxylation is 1. The maximum Gasteiger partial charge on any atom is 0.255 e. The highest BCUT2D eigenvalue weighted by molar-refractivity contribution is 6.30. The van der Waals surface area contributed by atoms with E-state index >= 15 is 0 Å². The Morgan fingerprint density at radius 2 is 2.03 bits per heavy atom. The van der Waals surface area contributed by atoms with Crippen molar-refractivity contribution in [1.82, 2.24) is 20.2 Å². The molecule has 0 saturated carbocycles.